The number of piperidine rings is 1. The smallest absolute Gasteiger partial charge is 0.253 e. The van der Waals surface area contributed by atoms with Gasteiger partial charge in [0.2, 0.25) is 5.89 Å². The van der Waals surface area contributed by atoms with Crippen LogP contribution in [0, 0.1) is 18.3 Å². The summed E-state index contributed by atoms with van der Waals surface area (Å²) in [5, 5.41) is 12.7. The molecule has 112 valence electrons. The summed E-state index contributed by atoms with van der Waals surface area (Å²) in [5.74, 6) is 1.49. The molecule has 1 aliphatic heterocycles. The molecule has 1 amide bonds. The van der Waals surface area contributed by atoms with E-state index in [-0.39, 0.29) is 11.8 Å². The summed E-state index contributed by atoms with van der Waals surface area (Å²) in [6.45, 7) is 3.11. The molecule has 0 aliphatic carbocycles. The largest absolute Gasteiger partial charge is 0.339 e. The van der Waals surface area contributed by atoms with E-state index in [0.29, 0.717) is 35.9 Å². The minimum atomic E-state index is -0.0303. The molecule has 0 radical (unpaired) electrons. The quantitative estimate of drug-likeness (QED) is 0.849. The third kappa shape index (κ3) is 2.84. The SMILES string of the molecule is Cc1noc(C2CCN(C(=O)c3cccc(C#N)c3)CC2)n1. The highest BCUT2D eigenvalue weighted by Gasteiger charge is 2.27. The number of aromatic nitrogens is 2. The molecule has 1 fully saturated rings. The molecule has 0 unspecified atom stereocenters. The molecule has 3 rings (SSSR count). The predicted octanol–water partition coefficient (Wildman–Crippen LogP) is 2.27. The number of hydrogen-bond donors (Lipinski definition) is 0. The minimum absolute atomic E-state index is 0.0303. The van der Waals surface area contributed by atoms with Gasteiger partial charge in [0.1, 0.15) is 0 Å². The van der Waals surface area contributed by atoms with Crippen molar-refractivity contribution < 1.29 is 9.32 Å². The molecule has 6 nitrogen and oxygen atoms in total. The Hall–Kier alpha value is -2.68. The molecular formula is C16H16N4O2. The summed E-state index contributed by atoms with van der Waals surface area (Å²) in [7, 11) is 0. The third-order valence-corrected chi connectivity index (χ3v) is 3.91. The molecule has 22 heavy (non-hydrogen) atoms. The fourth-order valence-corrected chi connectivity index (χ4v) is 2.71. The molecule has 2 aromatic rings. The van der Waals surface area contributed by atoms with Gasteiger partial charge >= 0.3 is 0 Å². The van der Waals surface area contributed by atoms with Gasteiger partial charge in [-0.3, -0.25) is 4.79 Å². The van der Waals surface area contributed by atoms with Crippen LogP contribution < -0.4 is 0 Å². The molecule has 0 bridgehead atoms. The first-order valence-corrected chi connectivity index (χ1v) is 7.27. The zero-order valence-electron chi connectivity index (χ0n) is 12.3. The van der Waals surface area contributed by atoms with Crippen LogP contribution in [0.4, 0.5) is 0 Å². The lowest BCUT2D eigenvalue weighted by molar-refractivity contribution is 0.0704. The van der Waals surface area contributed by atoms with E-state index in [0.717, 1.165) is 12.8 Å². The Morgan fingerprint density at radius 1 is 1.41 bits per heavy atom. The Morgan fingerprint density at radius 3 is 2.82 bits per heavy atom. The minimum Gasteiger partial charge on any atom is -0.339 e. The van der Waals surface area contributed by atoms with Gasteiger partial charge in [-0.05, 0) is 38.0 Å². The molecule has 0 saturated carbocycles. The van der Waals surface area contributed by atoms with E-state index in [1.54, 1.807) is 31.2 Å². The second kappa shape index (κ2) is 5.98. The van der Waals surface area contributed by atoms with Crippen molar-refractivity contribution in [1.82, 2.24) is 15.0 Å². The maximum atomic E-state index is 12.5. The van der Waals surface area contributed by atoms with Gasteiger partial charge in [0.05, 0.1) is 11.6 Å². The summed E-state index contributed by atoms with van der Waals surface area (Å²) in [5.41, 5.74) is 1.06. The predicted molar refractivity (Wildman–Crippen MR) is 78.1 cm³/mol. The average Bonchev–Trinajstić information content (AvgIpc) is 3.01. The number of hydrogen-bond acceptors (Lipinski definition) is 5. The normalized spacial score (nSPS) is 15.5. The Kier molecular flexibility index (Phi) is 3.88. The van der Waals surface area contributed by atoms with E-state index in [2.05, 4.69) is 16.2 Å². The monoisotopic (exact) mass is 296 g/mol. The molecule has 1 aromatic heterocycles. The highest BCUT2D eigenvalue weighted by atomic mass is 16.5. The van der Waals surface area contributed by atoms with Crippen LogP contribution >= 0.6 is 0 Å². The van der Waals surface area contributed by atoms with E-state index in [9.17, 15) is 4.79 Å². The van der Waals surface area contributed by atoms with Crippen molar-refractivity contribution in [2.45, 2.75) is 25.7 Å². The van der Waals surface area contributed by atoms with Crippen molar-refractivity contribution in [3.05, 3.63) is 47.1 Å². The van der Waals surface area contributed by atoms with Gasteiger partial charge in [-0.25, -0.2) is 0 Å². The first-order valence-electron chi connectivity index (χ1n) is 7.27. The van der Waals surface area contributed by atoms with Crippen LogP contribution in [0.5, 0.6) is 0 Å². The van der Waals surface area contributed by atoms with Gasteiger partial charge in [0, 0.05) is 24.6 Å². The highest BCUT2D eigenvalue weighted by Crippen LogP contribution is 2.27. The number of rotatable bonds is 2. The van der Waals surface area contributed by atoms with Gasteiger partial charge < -0.3 is 9.42 Å². The number of carbonyl (C=O) groups excluding carboxylic acids is 1. The molecule has 2 heterocycles. The maximum Gasteiger partial charge on any atom is 0.253 e. The lowest BCUT2D eigenvalue weighted by Crippen LogP contribution is -2.38. The zero-order chi connectivity index (χ0) is 15.5. The van der Waals surface area contributed by atoms with E-state index in [1.807, 2.05) is 4.90 Å². The first-order chi connectivity index (χ1) is 10.7. The summed E-state index contributed by atoms with van der Waals surface area (Å²) in [6, 6.07) is 8.87. The van der Waals surface area contributed by atoms with Gasteiger partial charge in [-0.15, -0.1) is 0 Å². The number of likely N-dealkylation sites (tertiary alicyclic amines) is 1. The van der Waals surface area contributed by atoms with E-state index in [4.69, 9.17) is 9.78 Å². The van der Waals surface area contributed by atoms with Crippen molar-refractivity contribution >= 4 is 5.91 Å². The van der Waals surface area contributed by atoms with Crippen molar-refractivity contribution in [3.63, 3.8) is 0 Å². The summed E-state index contributed by atoms with van der Waals surface area (Å²) in [4.78, 5) is 18.6. The van der Waals surface area contributed by atoms with Crippen molar-refractivity contribution in [2.75, 3.05) is 13.1 Å². The number of nitrogens with zero attached hydrogens (tertiary/aromatic N) is 4. The van der Waals surface area contributed by atoms with Crippen molar-refractivity contribution in [1.29, 1.82) is 5.26 Å². The fourth-order valence-electron chi connectivity index (χ4n) is 2.71. The lowest BCUT2D eigenvalue weighted by Gasteiger charge is -2.30. The molecule has 0 atom stereocenters. The second-order valence-electron chi connectivity index (χ2n) is 5.44. The first kappa shape index (κ1) is 14.3. The zero-order valence-corrected chi connectivity index (χ0v) is 12.3. The van der Waals surface area contributed by atoms with E-state index in [1.165, 1.54) is 0 Å². The molecule has 1 aromatic carbocycles. The van der Waals surface area contributed by atoms with E-state index < -0.39 is 0 Å². The Morgan fingerprint density at radius 2 is 2.18 bits per heavy atom. The van der Waals surface area contributed by atoms with Crippen LogP contribution in [0.1, 0.15) is 46.4 Å². The molecule has 0 N–H and O–H groups in total. The Bertz CT molecular complexity index is 724. The topological polar surface area (TPSA) is 83.0 Å². The number of benzene rings is 1. The molecule has 6 heteroatoms. The number of nitriles is 1. The van der Waals surface area contributed by atoms with Crippen molar-refractivity contribution in [2.24, 2.45) is 0 Å². The van der Waals surface area contributed by atoms with Crippen LogP contribution in [0.15, 0.2) is 28.8 Å². The third-order valence-electron chi connectivity index (χ3n) is 3.91. The average molecular weight is 296 g/mol. The molecular weight excluding hydrogens is 280 g/mol. The van der Waals surface area contributed by atoms with Crippen LogP contribution in [-0.4, -0.2) is 34.0 Å². The summed E-state index contributed by atoms with van der Waals surface area (Å²) in [6.07, 6.45) is 1.62. The number of aryl methyl sites for hydroxylation is 1. The molecule has 1 aliphatic rings. The van der Waals surface area contributed by atoms with E-state index >= 15 is 0 Å². The van der Waals surface area contributed by atoms with Gasteiger partial charge in [0.25, 0.3) is 5.91 Å². The number of carbonyl (C=O) groups is 1. The van der Waals surface area contributed by atoms with Gasteiger partial charge in [-0.2, -0.15) is 10.2 Å². The van der Waals surface area contributed by atoms with Crippen LogP contribution in [0.25, 0.3) is 0 Å². The Labute approximate surface area is 128 Å². The van der Waals surface area contributed by atoms with Gasteiger partial charge in [0.15, 0.2) is 5.82 Å². The van der Waals surface area contributed by atoms with Crippen LogP contribution in [0.3, 0.4) is 0 Å². The lowest BCUT2D eigenvalue weighted by atomic mass is 9.96. The summed E-state index contributed by atoms with van der Waals surface area (Å²) >= 11 is 0. The standard InChI is InChI=1S/C16H16N4O2/c1-11-18-15(22-19-11)13-5-7-20(8-6-13)16(21)14-4-2-3-12(9-14)10-17/h2-4,9,13H,5-8H2,1H3. The summed E-state index contributed by atoms with van der Waals surface area (Å²) < 4.78 is 5.21. The fraction of sp³-hybridized carbons (Fsp3) is 0.375. The molecule has 0 spiro atoms. The maximum absolute atomic E-state index is 12.5. The van der Waals surface area contributed by atoms with Gasteiger partial charge in [-0.1, -0.05) is 11.2 Å². The van der Waals surface area contributed by atoms with Crippen LogP contribution in [0.2, 0.25) is 0 Å². The molecule has 1 saturated heterocycles. The number of amides is 1. The van der Waals surface area contributed by atoms with Crippen LogP contribution in [-0.2, 0) is 0 Å². The highest BCUT2D eigenvalue weighted by molar-refractivity contribution is 5.94. The second-order valence-corrected chi connectivity index (χ2v) is 5.44. The van der Waals surface area contributed by atoms with Crippen molar-refractivity contribution in [3.8, 4) is 6.07 Å². The Balaban J connectivity index is 1.65.